The third-order valence-corrected chi connectivity index (χ3v) is 3.03. The Balaban J connectivity index is 1.99. The summed E-state index contributed by atoms with van der Waals surface area (Å²) in [6.45, 7) is 2.90. The minimum Gasteiger partial charge on any atom is -0.395 e. The topological polar surface area (TPSA) is 60.9 Å². The minimum atomic E-state index is 0.140. The van der Waals surface area contributed by atoms with Crippen molar-refractivity contribution in [3.8, 4) is 0 Å². The molecule has 2 rings (SSSR count). The van der Waals surface area contributed by atoms with Gasteiger partial charge < -0.3 is 10.4 Å². The highest BCUT2D eigenvalue weighted by atomic mass is 16.3. The van der Waals surface area contributed by atoms with Crippen molar-refractivity contribution in [2.45, 2.75) is 45.2 Å². The van der Waals surface area contributed by atoms with Gasteiger partial charge in [-0.15, -0.1) is 0 Å². The molecule has 1 unspecified atom stereocenters. The van der Waals surface area contributed by atoms with Crippen LogP contribution in [0.25, 0.3) is 0 Å². The van der Waals surface area contributed by atoms with E-state index in [1.807, 2.05) is 6.92 Å². The molecule has 1 aromatic heterocycles. The van der Waals surface area contributed by atoms with E-state index in [0.717, 1.165) is 25.1 Å². The Kier molecular flexibility index (Phi) is 3.38. The minimum absolute atomic E-state index is 0.140. The maximum Gasteiger partial charge on any atom is 0.0794 e. The number of hydrogen-bond acceptors (Lipinski definition) is 3. The number of aliphatic hydroxyl groups is 1. The van der Waals surface area contributed by atoms with Crippen LogP contribution in [0.4, 0.5) is 0 Å². The van der Waals surface area contributed by atoms with E-state index in [9.17, 15) is 0 Å². The number of nitrogens with zero attached hydrogens (tertiary/aromatic N) is 1. The Bertz CT molecular complexity index is 322. The monoisotopic (exact) mass is 209 g/mol. The van der Waals surface area contributed by atoms with Crippen molar-refractivity contribution in [2.24, 2.45) is 0 Å². The van der Waals surface area contributed by atoms with Crippen LogP contribution >= 0.6 is 0 Å². The van der Waals surface area contributed by atoms with Crippen molar-refractivity contribution < 1.29 is 5.11 Å². The molecular formula is C11H19N3O. The van der Waals surface area contributed by atoms with Crippen LogP contribution < -0.4 is 5.32 Å². The van der Waals surface area contributed by atoms with Crippen molar-refractivity contribution in [1.29, 1.82) is 0 Å². The lowest BCUT2D eigenvalue weighted by molar-refractivity contribution is 0.250. The van der Waals surface area contributed by atoms with Crippen LogP contribution in [-0.2, 0) is 19.4 Å². The fourth-order valence-corrected chi connectivity index (χ4v) is 2.03. The predicted molar refractivity (Wildman–Crippen MR) is 58.6 cm³/mol. The van der Waals surface area contributed by atoms with Crippen LogP contribution in [0.15, 0.2) is 0 Å². The van der Waals surface area contributed by atoms with Crippen LogP contribution in [0.5, 0.6) is 0 Å². The molecule has 0 saturated carbocycles. The smallest absolute Gasteiger partial charge is 0.0794 e. The predicted octanol–water partition coefficient (Wildman–Crippen LogP) is 0.759. The molecule has 3 N–H and O–H groups in total. The first-order valence-electron chi connectivity index (χ1n) is 5.70. The van der Waals surface area contributed by atoms with Crippen molar-refractivity contribution in [3.05, 3.63) is 17.0 Å². The van der Waals surface area contributed by atoms with Crippen molar-refractivity contribution in [2.75, 3.05) is 6.61 Å². The second kappa shape index (κ2) is 4.77. The summed E-state index contributed by atoms with van der Waals surface area (Å²) in [4.78, 5) is 0. The van der Waals surface area contributed by atoms with E-state index in [0.29, 0.717) is 0 Å². The molecule has 0 aliphatic heterocycles. The highest BCUT2D eigenvalue weighted by molar-refractivity contribution is 5.27. The van der Waals surface area contributed by atoms with Gasteiger partial charge >= 0.3 is 0 Å². The normalized spacial score (nSPS) is 17.5. The van der Waals surface area contributed by atoms with E-state index >= 15 is 0 Å². The third-order valence-electron chi connectivity index (χ3n) is 3.03. The van der Waals surface area contributed by atoms with Crippen LogP contribution in [0.1, 0.15) is 36.7 Å². The second-order valence-electron chi connectivity index (χ2n) is 4.30. The largest absolute Gasteiger partial charge is 0.395 e. The highest BCUT2D eigenvalue weighted by Gasteiger charge is 2.16. The Morgan fingerprint density at radius 2 is 2.27 bits per heavy atom. The number of aromatic nitrogens is 2. The second-order valence-corrected chi connectivity index (χ2v) is 4.30. The van der Waals surface area contributed by atoms with Crippen LogP contribution in [-0.4, -0.2) is 28.0 Å². The molecule has 1 aliphatic carbocycles. The first-order valence-corrected chi connectivity index (χ1v) is 5.70. The number of aliphatic hydroxyl groups excluding tert-OH is 1. The van der Waals surface area contributed by atoms with Crippen molar-refractivity contribution in [1.82, 2.24) is 15.5 Å². The van der Waals surface area contributed by atoms with Gasteiger partial charge in [0.25, 0.3) is 0 Å². The van der Waals surface area contributed by atoms with E-state index in [1.165, 1.54) is 24.1 Å². The van der Waals surface area contributed by atoms with E-state index < -0.39 is 0 Å². The van der Waals surface area contributed by atoms with Gasteiger partial charge in [0.15, 0.2) is 0 Å². The molecule has 1 atom stereocenters. The molecule has 84 valence electrons. The molecule has 0 saturated heterocycles. The molecule has 1 aromatic rings. The summed E-state index contributed by atoms with van der Waals surface area (Å²) in [5.41, 5.74) is 3.85. The van der Waals surface area contributed by atoms with Crippen LogP contribution in [0.3, 0.4) is 0 Å². The standard InChI is InChI=1S/C11H19N3O/c1-8(7-15)12-6-11-9-4-2-3-5-10(9)13-14-11/h8,12,15H,2-7H2,1H3,(H,13,14). The lowest BCUT2D eigenvalue weighted by Crippen LogP contribution is -2.29. The Morgan fingerprint density at radius 3 is 3.07 bits per heavy atom. The van der Waals surface area contributed by atoms with Gasteiger partial charge in [-0.2, -0.15) is 5.10 Å². The van der Waals surface area contributed by atoms with Gasteiger partial charge in [0, 0.05) is 18.3 Å². The van der Waals surface area contributed by atoms with Gasteiger partial charge in [0.05, 0.1) is 12.3 Å². The van der Waals surface area contributed by atoms with Gasteiger partial charge in [0.1, 0.15) is 0 Å². The first-order chi connectivity index (χ1) is 7.31. The van der Waals surface area contributed by atoms with Crippen LogP contribution in [0.2, 0.25) is 0 Å². The summed E-state index contributed by atoms with van der Waals surface area (Å²) >= 11 is 0. The quantitative estimate of drug-likeness (QED) is 0.686. The zero-order valence-electron chi connectivity index (χ0n) is 9.21. The summed E-state index contributed by atoms with van der Waals surface area (Å²) in [7, 11) is 0. The first kappa shape index (κ1) is 10.6. The number of hydrogen-bond donors (Lipinski definition) is 3. The number of fused-ring (bicyclic) bond motifs is 1. The Labute approximate surface area is 90.1 Å². The van der Waals surface area contributed by atoms with E-state index in [2.05, 4.69) is 15.5 Å². The average molecular weight is 209 g/mol. The molecule has 1 heterocycles. The fraction of sp³-hybridized carbons (Fsp3) is 0.727. The number of aromatic amines is 1. The molecule has 0 spiro atoms. The zero-order chi connectivity index (χ0) is 10.7. The van der Waals surface area contributed by atoms with Gasteiger partial charge in [-0.05, 0) is 38.2 Å². The Hall–Kier alpha value is -0.870. The molecule has 1 aliphatic rings. The molecule has 0 amide bonds. The van der Waals surface area contributed by atoms with Crippen molar-refractivity contribution >= 4 is 0 Å². The lowest BCUT2D eigenvalue weighted by atomic mass is 9.96. The Morgan fingerprint density at radius 1 is 1.47 bits per heavy atom. The summed E-state index contributed by atoms with van der Waals surface area (Å²) < 4.78 is 0. The summed E-state index contributed by atoms with van der Waals surface area (Å²) in [5.74, 6) is 0. The number of aryl methyl sites for hydroxylation is 1. The van der Waals surface area contributed by atoms with E-state index in [4.69, 9.17) is 5.11 Å². The molecule has 15 heavy (non-hydrogen) atoms. The SMILES string of the molecule is CC(CO)NCc1n[nH]c2c1CCCC2. The van der Waals surface area contributed by atoms with Gasteiger partial charge in [-0.3, -0.25) is 5.10 Å². The molecular weight excluding hydrogens is 190 g/mol. The molecule has 0 bridgehead atoms. The molecule has 4 nitrogen and oxygen atoms in total. The number of nitrogens with one attached hydrogen (secondary N) is 2. The van der Waals surface area contributed by atoms with Gasteiger partial charge in [-0.25, -0.2) is 0 Å². The zero-order valence-corrected chi connectivity index (χ0v) is 9.21. The average Bonchev–Trinajstić information content (AvgIpc) is 2.69. The summed E-state index contributed by atoms with van der Waals surface area (Å²) in [6, 6.07) is 0.140. The third kappa shape index (κ3) is 2.38. The number of H-pyrrole nitrogens is 1. The maximum atomic E-state index is 8.91. The number of rotatable bonds is 4. The van der Waals surface area contributed by atoms with Crippen LogP contribution in [0, 0.1) is 0 Å². The molecule has 0 fully saturated rings. The summed E-state index contributed by atoms with van der Waals surface area (Å²) in [5, 5.41) is 19.6. The molecule has 0 radical (unpaired) electrons. The lowest BCUT2D eigenvalue weighted by Gasteiger charge is -2.13. The molecule has 0 aromatic carbocycles. The maximum absolute atomic E-state index is 8.91. The highest BCUT2D eigenvalue weighted by Crippen LogP contribution is 2.21. The summed E-state index contributed by atoms with van der Waals surface area (Å²) in [6.07, 6.45) is 4.83. The van der Waals surface area contributed by atoms with Crippen molar-refractivity contribution in [3.63, 3.8) is 0 Å². The van der Waals surface area contributed by atoms with E-state index in [-0.39, 0.29) is 12.6 Å². The molecule has 4 heteroatoms. The van der Waals surface area contributed by atoms with Gasteiger partial charge in [-0.1, -0.05) is 0 Å². The fourth-order valence-electron chi connectivity index (χ4n) is 2.03. The van der Waals surface area contributed by atoms with E-state index in [1.54, 1.807) is 0 Å². The van der Waals surface area contributed by atoms with Gasteiger partial charge in [0.2, 0.25) is 0 Å².